The van der Waals surface area contributed by atoms with E-state index in [1.807, 2.05) is 26.0 Å². The van der Waals surface area contributed by atoms with Gasteiger partial charge in [0.05, 0.1) is 11.2 Å². The minimum absolute atomic E-state index is 0.130. The highest BCUT2D eigenvalue weighted by Gasteiger charge is 2.15. The average Bonchev–Trinajstić information content (AvgIpc) is 2.46. The maximum Gasteiger partial charge on any atom is 0.271 e. The van der Waals surface area contributed by atoms with E-state index < -0.39 is 0 Å². The van der Waals surface area contributed by atoms with Gasteiger partial charge in [0.25, 0.3) is 5.91 Å². The predicted molar refractivity (Wildman–Crippen MR) is 83.8 cm³/mol. The number of halogens is 2. The number of carbonyl (C=O) groups excluding carboxylic acids is 1. The molecule has 0 radical (unpaired) electrons. The second-order valence-electron chi connectivity index (χ2n) is 4.89. The third kappa shape index (κ3) is 4.16. The Bertz CT molecular complexity index is 642. The van der Waals surface area contributed by atoms with Crippen molar-refractivity contribution in [2.75, 3.05) is 0 Å². The first kappa shape index (κ1) is 15.7. The molecule has 1 aromatic carbocycles. The van der Waals surface area contributed by atoms with E-state index in [2.05, 4.69) is 15.3 Å². The highest BCUT2D eigenvalue weighted by Crippen LogP contribution is 2.16. The lowest BCUT2D eigenvalue weighted by atomic mass is 10.2. The molecule has 4 nitrogen and oxygen atoms in total. The molecule has 2 rings (SSSR count). The van der Waals surface area contributed by atoms with Gasteiger partial charge in [-0.1, -0.05) is 49.2 Å². The van der Waals surface area contributed by atoms with Gasteiger partial charge in [0, 0.05) is 17.5 Å². The van der Waals surface area contributed by atoms with Crippen LogP contribution in [0.4, 0.5) is 0 Å². The number of amides is 1. The topological polar surface area (TPSA) is 54.9 Å². The van der Waals surface area contributed by atoms with Gasteiger partial charge in [-0.3, -0.25) is 4.79 Å². The Morgan fingerprint density at radius 1 is 1.24 bits per heavy atom. The molecular weight excluding hydrogens is 309 g/mol. The molecule has 0 spiro atoms. The van der Waals surface area contributed by atoms with Crippen LogP contribution >= 0.6 is 23.2 Å². The first-order chi connectivity index (χ1) is 9.97. The molecule has 1 amide bonds. The molecule has 1 heterocycles. The molecule has 6 heteroatoms. The van der Waals surface area contributed by atoms with Crippen molar-refractivity contribution in [2.45, 2.75) is 26.3 Å². The number of hydrogen-bond donors (Lipinski definition) is 1. The minimum Gasteiger partial charge on any atom is -0.347 e. The van der Waals surface area contributed by atoms with E-state index >= 15 is 0 Å². The minimum atomic E-state index is -0.320. The van der Waals surface area contributed by atoms with Gasteiger partial charge < -0.3 is 5.32 Å². The summed E-state index contributed by atoms with van der Waals surface area (Å²) in [7, 11) is 0. The molecule has 0 fully saturated rings. The van der Waals surface area contributed by atoms with Crippen LogP contribution in [0.25, 0.3) is 0 Å². The average molecular weight is 324 g/mol. The molecule has 0 saturated heterocycles. The van der Waals surface area contributed by atoms with E-state index in [0.29, 0.717) is 17.4 Å². The predicted octanol–water partition coefficient (Wildman–Crippen LogP) is 3.84. The van der Waals surface area contributed by atoms with Crippen molar-refractivity contribution in [3.8, 4) is 0 Å². The quantitative estimate of drug-likeness (QED) is 0.930. The second kappa shape index (κ2) is 6.87. The smallest absolute Gasteiger partial charge is 0.271 e. The monoisotopic (exact) mass is 323 g/mol. The molecule has 110 valence electrons. The van der Waals surface area contributed by atoms with Crippen LogP contribution in [0.1, 0.15) is 41.6 Å². The molecule has 0 aliphatic heterocycles. The number of rotatable bonds is 4. The summed E-state index contributed by atoms with van der Waals surface area (Å²) in [6.07, 6.45) is 1.46. The molecule has 0 unspecified atom stereocenters. The summed E-state index contributed by atoms with van der Waals surface area (Å²) in [6.45, 7) is 4.30. The van der Waals surface area contributed by atoms with Crippen LogP contribution in [0.3, 0.4) is 0 Å². The molecule has 0 saturated carbocycles. The molecule has 0 aliphatic rings. The van der Waals surface area contributed by atoms with Gasteiger partial charge in [0.1, 0.15) is 11.5 Å². The first-order valence-electron chi connectivity index (χ1n) is 6.52. The lowest BCUT2D eigenvalue weighted by molar-refractivity contribution is 0.0945. The van der Waals surface area contributed by atoms with Gasteiger partial charge in [-0.2, -0.15) is 0 Å². The molecule has 0 atom stereocenters. The summed E-state index contributed by atoms with van der Waals surface area (Å²) < 4.78 is 0. The van der Waals surface area contributed by atoms with E-state index in [0.717, 1.165) is 5.56 Å². The van der Waals surface area contributed by atoms with Crippen molar-refractivity contribution in [1.29, 1.82) is 0 Å². The Kier molecular flexibility index (Phi) is 5.15. The maximum atomic E-state index is 12.2. The zero-order chi connectivity index (χ0) is 15.4. The van der Waals surface area contributed by atoms with E-state index in [9.17, 15) is 4.79 Å². The summed E-state index contributed by atoms with van der Waals surface area (Å²) in [6, 6.07) is 7.25. The number of aromatic nitrogens is 2. The van der Waals surface area contributed by atoms with Gasteiger partial charge in [-0.05, 0) is 17.7 Å². The Morgan fingerprint density at radius 2 is 1.90 bits per heavy atom. The van der Waals surface area contributed by atoms with Crippen molar-refractivity contribution in [2.24, 2.45) is 0 Å². The van der Waals surface area contributed by atoms with Crippen LogP contribution < -0.4 is 5.32 Å². The van der Waals surface area contributed by atoms with Crippen LogP contribution in [0, 0.1) is 0 Å². The summed E-state index contributed by atoms with van der Waals surface area (Å²) in [5.74, 6) is 0.403. The lowest BCUT2D eigenvalue weighted by Gasteiger charge is -2.09. The fraction of sp³-hybridized carbons (Fsp3) is 0.267. The van der Waals surface area contributed by atoms with Crippen LogP contribution in [-0.2, 0) is 6.54 Å². The summed E-state index contributed by atoms with van der Waals surface area (Å²) in [5.41, 5.74) is 1.14. The molecular formula is C15H15Cl2N3O. The fourth-order valence-corrected chi connectivity index (χ4v) is 1.99. The Balaban J connectivity index is 2.09. The number of hydrogen-bond acceptors (Lipinski definition) is 3. The highest BCUT2D eigenvalue weighted by molar-refractivity contribution is 6.33. The van der Waals surface area contributed by atoms with Crippen molar-refractivity contribution in [3.63, 3.8) is 0 Å². The van der Waals surface area contributed by atoms with Gasteiger partial charge in [0.2, 0.25) is 0 Å². The highest BCUT2D eigenvalue weighted by atomic mass is 35.5. The van der Waals surface area contributed by atoms with E-state index in [1.165, 1.54) is 6.20 Å². The Labute approximate surface area is 133 Å². The van der Waals surface area contributed by atoms with Crippen LogP contribution in [0.5, 0.6) is 0 Å². The Hall–Kier alpha value is -1.65. The molecule has 0 aliphatic carbocycles. The van der Waals surface area contributed by atoms with Gasteiger partial charge >= 0.3 is 0 Å². The van der Waals surface area contributed by atoms with E-state index in [1.54, 1.807) is 12.1 Å². The number of benzene rings is 1. The van der Waals surface area contributed by atoms with Crippen LogP contribution in [0.2, 0.25) is 10.0 Å². The number of nitrogens with one attached hydrogen (secondary N) is 1. The number of carbonyl (C=O) groups is 1. The SMILES string of the molecule is CC(C)c1ncc(Cl)c(C(=O)NCc2ccc(Cl)cc2)n1. The molecule has 1 aromatic heterocycles. The van der Waals surface area contributed by atoms with Crippen molar-refractivity contribution in [3.05, 3.63) is 57.6 Å². The summed E-state index contributed by atoms with van der Waals surface area (Å²) >= 11 is 11.8. The zero-order valence-corrected chi connectivity index (χ0v) is 13.2. The summed E-state index contributed by atoms with van der Waals surface area (Å²) in [4.78, 5) is 20.5. The van der Waals surface area contributed by atoms with Gasteiger partial charge in [0.15, 0.2) is 0 Å². The van der Waals surface area contributed by atoms with Crippen molar-refractivity contribution >= 4 is 29.1 Å². The normalized spacial score (nSPS) is 10.7. The fourth-order valence-electron chi connectivity index (χ4n) is 1.69. The molecule has 0 bridgehead atoms. The largest absolute Gasteiger partial charge is 0.347 e. The molecule has 1 N–H and O–H groups in total. The standard InChI is InChI=1S/C15H15Cl2N3O/c1-9(2)14-18-8-12(17)13(20-14)15(21)19-7-10-3-5-11(16)6-4-10/h3-6,8-9H,7H2,1-2H3,(H,19,21). The van der Waals surface area contributed by atoms with Gasteiger partial charge in [-0.15, -0.1) is 0 Å². The first-order valence-corrected chi connectivity index (χ1v) is 7.28. The van der Waals surface area contributed by atoms with Crippen molar-refractivity contribution < 1.29 is 4.79 Å². The molecule has 2 aromatic rings. The van der Waals surface area contributed by atoms with E-state index in [4.69, 9.17) is 23.2 Å². The zero-order valence-electron chi connectivity index (χ0n) is 11.7. The molecule has 21 heavy (non-hydrogen) atoms. The van der Waals surface area contributed by atoms with Crippen LogP contribution in [-0.4, -0.2) is 15.9 Å². The Morgan fingerprint density at radius 3 is 2.52 bits per heavy atom. The van der Waals surface area contributed by atoms with Gasteiger partial charge in [-0.25, -0.2) is 9.97 Å². The van der Waals surface area contributed by atoms with E-state index in [-0.39, 0.29) is 22.5 Å². The third-order valence-corrected chi connectivity index (χ3v) is 3.39. The second-order valence-corrected chi connectivity index (χ2v) is 5.73. The maximum absolute atomic E-state index is 12.2. The number of nitrogens with zero attached hydrogens (tertiary/aromatic N) is 2. The third-order valence-electron chi connectivity index (χ3n) is 2.86. The lowest BCUT2D eigenvalue weighted by Crippen LogP contribution is -2.25. The van der Waals surface area contributed by atoms with Crippen LogP contribution in [0.15, 0.2) is 30.5 Å². The van der Waals surface area contributed by atoms with Crippen molar-refractivity contribution in [1.82, 2.24) is 15.3 Å². The summed E-state index contributed by atoms with van der Waals surface area (Å²) in [5, 5.41) is 3.69.